The summed E-state index contributed by atoms with van der Waals surface area (Å²) in [4.78, 5) is 30.6. The molecule has 0 spiro atoms. The minimum Gasteiger partial charge on any atom is -0.350 e. The van der Waals surface area contributed by atoms with Crippen LogP contribution in [0.4, 0.5) is 5.82 Å². The minimum atomic E-state index is -0.207. The van der Waals surface area contributed by atoms with Crippen LogP contribution in [0.1, 0.15) is 50.9 Å². The van der Waals surface area contributed by atoms with Crippen molar-refractivity contribution >= 4 is 11.7 Å². The van der Waals surface area contributed by atoms with Crippen LogP contribution >= 0.6 is 0 Å². The van der Waals surface area contributed by atoms with Crippen LogP contribution in [0.3, 0.4) is 0 Å². The summed E-state index contributed by atoms with van der Waals surface area (Å²) in [6.45, 7) is 8.53. The second-order valence-electron chi connectivity index (χ2n) is 8.53. The van der Waals surface area contributed by atoms with E-state index in [1.165, 1.54) is 11.1 Å². The molecule has 6 heteroatoms. The number of amides is 1. The zero-order valence-electron chi connectivity index (χ0n) is 17.9. The smallest absolute Gasteiger partial charge is 0.242 e. The number of likely N-dealkylation sites (N-methyl/N-ethyl adjacent to an activating group) is 2. The first-order chi connectivity index (χ1) is 13.2. The fraction of sp³-hybridized carbons (Fsp3) is 0.545. The van der Waals surface area contributed by atoms with Gasteiger partial charge in [0.25, 0.3) is 0 Å². The van der Waals surface area contributed by atoms with Crippen LogP contribution < -0.4 is 4.90 Å². The van der Waals surface area contributed by atoms with E-state index in [1.54, 1.807) is 4.90 Å². The molecule has 150 valence electrons. The number of nitrogens with zero attached hydrogens (tertiary/aromatic N) is 5. The first-order valence-electron chi connectivity index (χ1n) is 10.0. The SMILES string of the molecule is CCc1ccnc(-c2nc3c(c(N(C)CC(=O)N(C)C(C)(C)C)n2)CCC3)c1. The molecule has 0 fully saturated rings. The molecule has 2 aromatic rings. The third-order valence-electron chi connectivity index (χ3n) is 5.49. The summed E-state index contributed by atoms with van der Waals surface area (Å²) >= 11 is 0. The van der Waals surface area contributed by atoms with Gasteiger partial charge in [-0.05, 0) is 64.2 Å². The molecule has 0 N–H and O–H groups in total. The van der Waals surface area contributed by atoms with Crippen molar-refractivity contribution in [1.82, 2.24) is 19.9 Å². The standard InChI is InChI=1S/C22H31N5O/c1-7-15-11-12-23-18(13-15)20-24-17-10-8-9-16(17)21(25-20)26(5)14-19(28)27(6)22(2,3)4/h11-13H,7-10,14H2,1-6H3. The summed E-state index contributed by atoms with van der Waals surface area (Å²) in [6, 6.07) is 4.07. The Morgan fingerprint density at radius 3 is 2.61 bits per heavy atom. The van der Waals surface area contributed by atoms with Crippen molar-refractivity contribution < 1.29 is 4.79 Å². The average Bonchev–Trinajstić information content (AvgIpc) is 3.14. The maximum absolute atomic E-state index is 12.7. The number of anilines is 1. The maximum Gasteiger partial charge on any atom is 0.242 e. The van der Waals surface area contributed by atoms with E-state index in [1.807, 2.05) is 52.0 Å². The Morgan fingerprint density at radius 1 is 1.18 bits per heavy atom. The van der Waals surface area contributed by atoms with Crippen molar-refractivity contribution in [3.05, 3.63) is 35.2 Å². The first-order valence-corrected chi connectivity index (χ1v) is 10.0. The van der Waals surface area contributed by atoms with Gasteiger partial charge in [0.15, 0.2) is 5.82 Å². The van der Waals surface area contributed by atoms with Crippen LogP contribution in [0.2, 0.25) is 0 Å². The monoisotopic (exact) mass is 381 g/mol. The molecule has 3 rings (SSSR count). The normalized spacial score (nSPS) is 13.4. The molecule has 1 aliphatic rings. The lowest BCUT2D eigenvalue weighted by Gasteiger charge is -2.33. The molecule has 0 radical (unpaired) electrons. The van der Waals surface area contributed by atoms with Gasteiger partial charge in [-0.1, -0.05) is 6.92 Å². The van der Waals surface area contributed by atoms with Gasteiger partial charge in [0.05, 0.1) is 6.54 Å². The van der Waals surface area contributed by atoms with E-state index in [0.29, 0.717) is 12.4 Å². The molecular formula is C22H31N5O. The molecular weight excluding hydrogens is 350 g/mol. The highest BCUT2D eigenvalue weighted by Crippen LogP contribution is 2.30. The van der Waals surface area contributed by atoms with Gasteiger partial charge in [-0.3, -0.25) is 9.78 Å². The van der Waals surface area contributed by atoms with Gasteiger partial charge in [-0.25, -0.2) is 9.97 Å². The van der Waals surface area contributed by atoms with E-state index in [-0.39, 0.29) is 11.4 Å². The Labute approximate surface area is 168 Å². The molecule has 0 saturated heterocycles. The topological polar surface area (TPSA) is 62.2 Å². The van der Waals surface area contributed by atoms with Gasteiger partial charge < -0.3 is 9.80 Å². The number of hydrogen-bond donors (Lipinski definition) is 0. The van der Waals surface area contributed by atoms with Crippen LogP contribution in [0.15, 0.2) is 18.3 Å². The van der Waals surface area contributed by atoms with E-state index in [2.05, 4.69) is 18.0 Å². The number of carbonyl (C=O) groups is 1. The number of pyridine rings is 1. The van der Waals surface area contributed by atoms with E-state index in [4.69, 9.17) is 9.97 Å². The quantitative estimate of drug-likeness (QED) is 0.795. The van der Waals surface area contributed by atoms with Crippen molar-refractivity contribution in [2.75, 3.05) is 25.5 Å². The van der Waals surface area contributed by atoms with Crippen molar-refractivity contribution in [2.45, 2.75) is 58.9 Å². The second kappa shape index (κ2) is 7.86. The largest absolute Gasteiger partial charge is 0.350 e. The Hall–Kier alpha value is -2.50. The summed E-state index contributed by atoms with van der Waals surface area (Å²) < 4.78 is 0. The van der Waals surface area contributed by atoms with Crippen LogP contribution in [0.25, 0.3) is 11.5 Å². The lowest BCUT2D eigenvalue weighted by molar-refractivity contribution is -0.132. The third kappa shape index (κ3) is 4.16. The Kier molecular flexibility index (Phi) is 5.68. The van der Waals surface area contributed by atoms with Crippen molar-refractivity contribution in [2.24, 2.45) is 0 Å². The number of fused-ring (bicyclic) bond motifs is 1. The third-order valence-corrected chi connectivity index (χ3v) is 5.49. The van der Waals surface area contributed by atoms with Crippen LogP contribution in [0.5, 0.6) is 0 Å². The van der Waals surface area contributed by atoms with E-state index in [9.17, 15) is 4.79 Å². The van der Waals surface area contributed by atoms with Crippen LogP contribution in [-0.2, 0) is 24.1 Å². The molecule has 28 heavy (non-hydrogen) atoms. The lowest BCUT2D eigenvalue weighted by Crippen LogP contribution is -2.46. The fourth-order valence-electron chi connectivity index (χ4n) is 3.42. The summed E-state index contributed by atoms with van der Waals surface area (Å²) in [5, 5.41) is 0. The van der Waals surface area contributed by atoms with Crippen molar-refractivity contribution in [3.63, 3.8) is 0 Å². The molecule has 2 heterocycles. The minimum absolute atomic E-state index is 0.0769. The van der Waals surface area contributed by atoms with E-state index in [0.717, 1.165) is 42.9 Å². The van der Waals surface area contributed by atoms with Gasteiger partial charge >= 0.3 is 0 Å². The molecule has 0 saturated carbocycles. The molecule has 0 aliphatic heterocycles. The van der Waals surface area contributed by atoms with Gasteiger partial charge in [0.1, 0.15) is 11.5 Å². The summed E-state index contributed by atoms with van der Waals surface area (Å²) in [7, 11) is 3.79. The summed E-state index contributed by atoms with van der Waals surface area (Å²) in [5.41, 5.74) is 4.06. The molecule has 0 unspecified atom stereocenters. The number of aromatic nitrogens is 3. The molecule has 1 aliphatic carbocycles. The van der Waals surface area contributed by atoms with Crippen LogP contribution in [-0.4, -0.2) is 51.9 Å². The molecule has 1 amide bonds. The predicted octanol–water partition coefficient (Wildman–Crippen LogP) is 3.28. The molecule has 0 bridgehead atoms. The maximum atomic E-state index is 12.7. The van der Waals surface area contributed by atoms with Crippen LogP contribution in [0, 0.1) is 0 Å². The van der Waals surface area contributed by atoms with E-state index < -0.39 is 0 Å². The highest BCUT2D eigenvalue weighted by molar-refractivity contribution is 5.82. The second-order valence-corrected chi connectivity index (χ2v) is 8.53. The zero-order valence-corrected chi connectivity index (χ0v) is 17.9. The van der Waals surface area contributed by atoms with Gasteiger partial charge in [-0.15, -0.1) is 0 Å². The highest BCUT2D eigenvalue weighted by Gasteiger charge is 2.26. The summed E-state index contributed by atoms with van der Waals surface area (Å²) in [5.74, 6) is 1.58. The fourth-order valence-corrected chi connectivity index (χ4v) is 3.42. The number of aryl methyl sites for hydroxylation is 2. The number of hydrogen-bond acceptors (Lipinski definition) is 5. The van der Waals surface area contributed by atoms with Crippen molar-refractivity contribution in [3.8, 4) is 11.5 Å². The van der Waals surface area contributed by atoms with Gasteiger partial charge in [0.2, 0.25) is 5.91 Å². The Bertz CT molecular complexity index is 872. The van der Waals surface area contributed by atoms with Crippen molar-refractivity contribution in [1.29, 1.82) is 0 Å². The van der Waals surface area contributed by atoms with Gasteiger partial charge in [0, 0.05) is 37.1 Å². The van der Waals surface area contributed by atoms with E-state index >= 15 is 0 Å². The predicted molar refractivity (Wildman–Crippen MR) is 112 cm³/mol. The highest BCUT2D eigenvalue weighted by atomic mass is 16.2. The Balaban J connectivity index is 1.94. The van der Waals surface area contributed by atoms with Gasteiger partial charge in [-0.2, -0.15) is 0 Å². The molecule has 0 aromatic carbocycles. The number of rotatable bonds is 5. The lowest BCUT2D eigenvalue weighted by atomic mass is 10.1. The average molecular weight is 382 g/mol. The first kappa shape index (κ1) is 20.2. The molecule has 2 aromatic heterocycles. The molecule has 6 nitrogen and oxygen atoms in total. The number of carbonyl (C=O) groups excluding carboxylic acids is 1. The zero-order chi connectivity index (χ0) is 20.5. The molecule has 0 atom stereocenters. The Morgan fingerprint density at radius 2 is 1.93 bits per heavy atom. The summed E-state index contributed by atoms with van der Waals surface area (Å²) in [6.07, 6.45) is 5.75.